The molecule has 0 amide bonds. The number of hydrogen-bond donors (Lipinski definition) is 1. The molecular formula is C18H17F6N2OP. The van der Waals surface area contributed by atoms with E-state index in [0.29, 0.717) is 5.75 Å². The molecular weight excluding hydrogens is 405 g/mol. The number of aromatic nitrogens is 2. The fourth-order valence-electron chi connectivity index (χ4n) is 2.26. The van der Waals surface area contributed by atoms with Gasteiger partial charge in [-0.2, -0.15) is 0 Å². The summed E-state index contributed by atoms with van der Waals surface area (Å²) in [5.74, 6) is 0.313. The van der Waals surface area contributed by atoms with E-state index in [9.17, 15) is 30.3 Å². The minimum Gasteiger partial charge on any atom is -0.508 e. The number of phenolic OH excluding ortho intramolecular Hbond substituents is 1. The number of rotatable bonds is 4. The van der Waals surface area contributed by atoms with E-state index >= 15 is 0 Å². The van der Waals surface area contributed by atoms with Crippen LogP contribution in [0.15, 0.2) is 73.3 Å². The summed E-state index contributed by atoms with van der Waals surface area (Å²) in [4.78, 5) is 4.03. The summed E-state index contributed by atoms with van der Waals surface area (Å²) in [5, 5.41) is 9.27. The average Bonchev–Trinajstić information content (AvgIpc) is 2.60. The molecule has 2 heterocycles. The predicted octanol–water partition coefficient (Wildman–Crippen LogP) is 6.37. The van der Waals surface area contributed by atoms with Crippen molar-refractivity contribution < 1.29 is 34.9 Å². The zero-order valence-electron chi connectivity index (χ0n) is 14.4. The summed E-state index contributed by atoms with van der Waals surface area (Å²) in [6, 6.07) is 15.6. The Morgan fingerprint density at radius 2 is 1.21 bits per heavy atom. The summed E-state index contributed by atoms with van der Waals surface area (Å²) in [7, 11) is -10.7. The molecule has 0 aliphatic heterocycles. The predicted molar refractivity (Wildman–Crippen MR) is 95.2 cm³/mol. The van der Waals surface area contributed by atoms with Gasteiger partial charge in [-0.3, -0.25) is 4.98 Å². The summed E-state index contributed by atoms with van der Waals surface area (Å²) in [6.45, 7) is 0.918. The molecule has 0 saturated carbocycles. The molecule has 3 aromatic rings. The van der Waals surface area contributed by atoms with Crippen LogP contribution in [-0.2, 0) is 13.0 Å². The minimum absolute atomic E-state index is 0.313. The van der Waals surface area contributed by atoms with E-state index in [-0.39, 0.29) is 0 Å². The van der Waals surface area contributed by atoms with Gasteiger partial charge in [0.25, 0.3) is 0 Å². The largest absolute Gasteiger partial charge is 0.508 e. The van der Waals surface area contributed by atoms with Gasteiger partial charge in [0.2, 0.25) is 0 Å². The maximum absolute atomic E-state index is 10.7. The van der Waals surface area contributed by atoms with Crippen LogP contribution in [-0.4, -0.2) is 10.1 Å². The number of aryl methyl sites for hydroxylation is 2. The van der Waals surface area contributed by atoms with Crippen LogP contribution in [0.3, 0.4) is 0 Å². The maximum Gasteiger partial charge on any atom is 0.169 e. The van der Waals surface area contributed by atoms with Crippen molar-refractivity contribution in [2.75, 3.05) is 0 Å². The van der Waals surface area contributed by atoms with Gasteiger partial charge in [0.1, 0.15) is 5.75 Å². The Bertz CT molecular complexity index is 888. The van der Waals surface area contributed by atoms with Gasteiger partial charge in [-0.15, -0.1) is 0 Å². The van der Waals surface area contributed by atoms with E-state index in [1.807, 2.05) is 24.3 Å². The third-order valence-corrected chi connectivity index (χ3v) is 3.50. The molecule has 1 aromatic carbocycles. The van der Waals surface area contributed by atoms with Crippen molar-refractivity contribution in [2.45, 2.75) is 13.0 Å². The van der Waals surface area contributed by atoms with Crippen LogP contribution in [0, 0.1) is 0 Å². The van der Waals surface area contributed by atoms with Crippen molar-refractivity contribution in [1.82, 2.24) is 4.98 Å². The second-order valence-electron chi connectivity index (χ2n) is 5.94. The quantitative estimate of drug-likeness (QED) is 0.302. The normalized spacial score (nSPS) is 13.6. The number of nitrogens with zero attached hydrogens (tertiary/aromatic N) is 2. The zero-order valence-corrected chi connectivity index (χ0v) is 15.3. The fraction of sp³-hybridized carbons (Fsp3) is 0.111. The smallest absolute Gasteiger partial charge is 0.169 e. The van der Waals surface area contributed by atoms with Crippen LogP contribution >= 0.6 is 7.81 Å². The molecule has 2 aromatic heterocycles. The molecule has 0 saturated heterocycles. The second kappa shape index (κ2) is 7.39. The number of benzene rings is 1. The molecule has 3 nitrogen and oxygen atoms in total. The van der Waals surface area contributed by atoms with Crippen molar-refractivity contribution in [3.63, 3.8) is 0 Å². The Kier molecular flexibility index (Phi) is 5.71. The van der Waals surface area contributed by atoms with Crippen LogP contribution in [0.2, 0.25) is 0 Å². The van der Waals surface area contributed by atoms with Gasteiger partial charge in [0.15, 0.2) is 18.9 Å². The van der Waals surface area contributed by atoms with Crippen LogP contribution in [0.4, 0.5) is 25.2 Å². The van der Waals surface area contributed by atoms with Crippen LogP contribution in [0.1, 0.15) is 5.56 Å². The Hall–Kier alpha value is -2.67. The molecule has 0 bridgehead atoms. The first kappa shape index (κ1) is 21.6. The number of hydrogen-bond acceptors (Lipinski definition) is 2. The third kappa shape index (κ3) is 9.87. The minimum atomic E-state index is -10.7. The summed E-state index contributed by atoms with van der Waals surface area (Å²) in [6.07, 6.45) is 8.74. The molecule has 0 aliphatic carbocycles. The molecule has 3 rings (SSSR count). The average molecular weight is 422 g/mol. The molecule has 0 spiro atoms. The van der Waals surface area contributed by atoms with Crippen LogP contribution < -0.4 is 4.57 Å². The number of aromatic hydroxyl groups is 1. The van der Waals surface area contributed by atoms with Gasteiger partial charge in [-0.1, -0.05) is 12.1 Å². The van der Waals surface area contributed by atoms with Crippen molar-refractivity contribution in [3.05, 3.63) is 78.9 Å². The Labute approximate surface area is 157 Å². The number of halogens is 6. The van der Waals surface area contributed by atoms with Crippen molar-refractivity contribution in [2.24, 2.45) is 0 Å². The summed E-state index contributed by atoms with van der Waals surface area (Å²) >= 11 is 0. The van der Waals surface area contributed by atoms with E-state index in [2.05, 4.69) is 34.1 Å². The molecule has 0 aliphatic rings. The molecule has 28 heavy (non-hydrogen) atoms. The standard InChI is InChI=1S/C18H16N2O.F6P/c21-18-3-1-15(2-4-18)7-12-20-13-8-17(9-14-20)16-5-10-19-11-6-16;1-7(2,3,4,5)6/h1-6,8-11,13-14H,7,12H2;/q;-1/p+1. The SMILES string of the molecule is F[P-](F)(F)(F)(F)F.Oc1ccc(CC[n+]2ccc(-c3ccncc3)cc2)cc1. The Balaban J connectivity index is 0.000000345. The molecule has 1 N–H and O–H groups in total. The summed E-state index contributed by atoms with van der Waals surface area (Å²) in [5.41, 5.74) is 3.59. The third-order valence-electron chi connectivity index (χ3n) is 3.50. The van der Waals surface area contributed by atoms with E-state index in [1.165, 1.54) is 16.7 Å². The van der Waals surface area contributed by atoms with Crippen LogP contribution in [0.25, 0.3) is 11.1 Å². The van der Waals surface area contributed by atoms with Crippen molar-refractivity contribution in [3.8, 4) is 16.9 Å². The molecule has 0 fully saturated rings. The Morgan fingerprint density at radius 3 is 1.71 bits per heavy atom. The van der Waals surface area contributed by atoms with Crippen molar-refractivity contribution >= 4 is 7.81 Å². The second-order valence-corrected chi connectivity index (χ2v) is 7.85. The first-order valence-electron chi connectivity index (χ1n) is 8.00. The van der Waals surface area contributed by atoms with Gasteiger partial charge < -0.3 is 5.11 Å². The molecule has 152 valence electrons. The number of phenols is 1. The van der Waals surface area contributed by atoms with Crippen molar-refractivity contribution in [1.29, 1.82) is 0 Å². The topological polar surface area (TPSA) is 37.0 Å². The van der Waals surface area contributed by atoms with E-state index in [4.69, 9.17) is 0 Å². The van der Waals surface area contributed by atoms with E-state index < -0.39 is 7.81 Å². The van der Waals surface area contributed by atoms with Gasteiger partial charge >= 0.3 is 33.0 Å². The number of pyridine rings is 2. The first-order chi connectivity index (χ1) is 12.8. The molecule has 10 heteroatoms. The maximum atomic E-state index is 9.87. The zero-order chi connectivity index (χ0) is 20.9. The molecule has 0 radical (unpaired) electrons. The first-order valence-corrected chi connectivity index (χ1v) is 10.0. The van der Waals surface area contributed by atoms with Gasteiger partial charge in [0, 0.05) is 30.9 Å². The van der Waals surface area contributed by atoms with E-state index in [1.54, 1.807) is 24.5 Å². The van der Waals surface area contributed by atoms with Gasteiger partial charge in [-0.05, 0) is 41.0 Å². The van der Waals surface area contributed by atoms with Crippen LogP contribution in [0.5, 0.6) is 5.75 Å². The molecule has 0 atom stereocenters. The molecule has 0 unspecified atom stereocenters. The Morgan fingerprint density at radius 1 is 0.750 bits per heavy atom. The van der Waals surface area contributed by atoms with Gasteiger partial charge in [-0.25, -0.2) is 4.57 Å². The fourth-order valence-corrected chi connectivity index (χ4v) is 2.26. The van der Waals surface area contributed by atoms with E-state index in [0.717, 1.165) is 13.0 Å². The summed E-state index contributed by atoms with van der Waals surface area (Å²) < 4.78 is 61.4. The van der Waals surface area contributed by atoms with Gasteiger partial charge in [0.05, 0.1) is 0 Å². The monoisotopic (exact) mass is 422 g/mol.